The van der Waals surface area contributed by atoms with Crippen molar-refractivity contribution >= 4 is 5.91 Å². The van der Waals surface area contributed by atoms with Gasteiger partial charge in [0.05, 0.1) is 12.0 Å². The number of halogens is 4. The van der Waals surface area contributed by atoms with E-state index in [2.05, 4.69) is 5.32 Å². The average Bonchev–Trinajstić information content (AvgIpc) is 2.13. The second-order valence-corrected chi connectivity index (χ2v) is 3.86. The van der Waals surface area contributed by atoms with Crippen molar-refractivity contribution < 1.29 is 27.5 Å². The van der Waals surface area contributed by atoms with Gasteiger partial charge >= 0.3 is 6.18 Å². The third kappa shape index (κ3) is 4.23. The first-order valence-corrected chi connectivity index (χ1v) is 5.05. The van der Waals surface area contributed by atoms with Crippen molar-refractivity contribution in [2.75, 3.05) is 0 Å². The van der Waals surface area contributed by atoms with Gasteiger partial charge in [0.15, 0.2) is 0 Å². The minimum absolute atomic E-state index is 0.273. The molecule has 3 nitrogen and oxygen atoms in total. The van der Waals surface area contributed by atoms with E-state index < -0.39 is 36.1 Å². The molecule has 0 aliphatic carbocycles. The molecule has 1 atom stereocenters. The van der Waals surface area contributed by atoms with Crippen molar-refractivity contribution in [1.82, 2.24) is 5.32 Å². The number of aromatic hydroxyl groups is 1. The summed E-state index contributed by atoms with van der Waals surface area (Å²) in [6.45, 7) is 1.19. The summed E-state index contributed by atoms with van der Waals surface area (Å²) in [6, 6.07) is 1.51. The zero-order valence-corrected chi connectivity index (χ0v) is 9.38. The molecule has 0 aromatic heterocycles. The lowest BCUT2D eigenvalue weighted by Crippen LogP contribution is -2.35. The first kappa shape index (κ1) is 14.3. The number of amides is 1. The summed E-state index contributed by atoms with van der Waals surface area (Å²) in [6.07, 6.45) is -5.57. The highest BCUT2D eigenvalue weighted by atomic mass is 19.4. The van der Waals surface area contributed by atoms with Crippen LogP contribution in [0.1, 0.15) is 23.7 Å². The third-order valence-electron chi connectivity index (χ3n) is 2.12. The van der Waals surface area contributed by atoms with Crippen molar-refractivity contribution in [3.05, 3.63) is 29.6 Å². The van der Waals surface area contributed by atoms with Crippen molar-refractivity contribution in [1.29, 1.82) is 0 Å². The lowest BCUT2D eigenvalue weighted by Gasteiger charge is -2.16. The third-order valence-corrected chi connectivity index (χ3v) is 2.12. The number of nitrogens with one attached hydrogen (secondary N) is 1. The number of benzene rings is 1. The van der Waals surface area contributed by atoms with E-state index >= 15 is 0 Å². The summed E-state index contributed by atoms with van der Waals surface area (Å²) in [5.41, 5.74) is -0.273. The highest BCUT2D eigenvalue weighted by Crippen LogP contribution is 2.22. The lowest BCUT2D eigenvalue weighted by atomic mass is 10.1. The molecule has 2 N–H and O–H groups in total. The average molecular weight is 265 g/mol. The quantitative estimate of drug-likeness (QED) is 0.825. The molecule has 18 heavy (non-hydrogen) atoms. The highest BCUT2D eigenvalue weighted by molar-refractivity contribution is 5.96. The Hall–Kier alpha value is -1.79. The molecule has 1 amide bonds. The first-order chi connectivity index (χ1) is 8.19. The van der Waals surface area contributed by atoms with Gasteiger partial charge in [-0.3, -0.25) is 4.79 Å². The number of phenolic OH excluding ortho intramolecular Hbond substituents is 1. The van der Waals surface area contributed by atoms with Crippen molar-refractivity contribution in [3.8, 4) is 5.75 Å². The second-order valence-electron chi connectivity index (χ2n) is 3.86. The molecule has 0 fully saturated rings. The van der Waals surface area contributed by atoms with Crippen LogP contribution in [-0.4, -0.2) is 23.2 Å². The maximum absolute atomic E-state index is 12.7. The molecule has 0 spiro atoms. The molecule has 0 saturated heterocycles. The van der Waals surface area contributed by atoms with E-state index in [-0.39, 0.29) is 5.56 Å². The van der Waals surface area contributed by atoms with Crippen LogP contribution in [-0.2, 0) is 0 Å². The van der Waals surface area contributed by atoms with Gasteiger partial charge in [0, 0.05) is 12.1 Å². The Kier molecular flexibility index (Phi) is 4.15. The molecule has 1 aromatic rings. The number of hydrogen-bond donors (Lipinski definition) is 2. The van der Waals surface area contributed by atoms with Crippen LogP contribution in [0.3, 0.4) is 0 Å². The standard InChI is InChI=1S/C11H11F4NO2/c1-6(5-11(13,14)15)16-10(18)8-3-2-7(12)4-9(8)17/h2-4,6,17H,5H2,1H3,(H,16,18). The number of carbonyl (C=O) groups is 1. The van der Waals surface area contributed by atoms with Crippen LogP contribution < -0.4 is 5.32 Å². The molecule has 1 aromatic carbocycles. The lowest BCUT2D eigenvalue weighted by molar-refractivity contribution is -0.138. The monoisotopic (exact) mass is 265 g/mol. The Labute approximate surface area is 100 Å². The van der Waals surface area contributed by atoms with E-state index in [0.29, 0.717) is 6.07 Å². The fraction of sp³-hybridized carbons (Fsp3) is 0.364. The van der Waals surface area contributed by atoms with Crippen molar-refractivity contribution in [2.45, 2.75) is 25.6 Å². The predicted octanol–water partition coefficient (Wildman–Crippen LogP) is 2.60. The normalized spacial score (nSPS) is 13.2. The molecule has 0 bridgehead atoms. The maximum Gasteiger partial charge on any atom is 0.391 e. The van der Waals surface area contributed by atoms with Crippen LogP contribution in [0.5, 0.6) is 5.75 Å². The number of rotatable bonds is 3. The Bertz CT molecular complexity index is 445. The number of hydrogen-bond acceptors (Lipinski definition) is 2. The minimum atomic E-state index is -4.39. The van der Waals surface area contributed by atoms with Crippen molar-refractivity contribution in [2.24, 2.45) is 0 Å². The number of carbonyl (C=O) groups excluding carboxylic acids is 1. The summed E-state index contributed by atoms with van der Waals surface area (Å²) in [5.74, 6) is -2.25. The highest BCUT2D eigenvalue weighted by Gasteiger charge is 2.30. The predicted molar refractivity (Wildman–Crippen MR) is 55.7 cm³/mol. The fourth-order valence-electron chi connectivity index (χ4n) is 1.40. The molecule has 0 radical (unpaired) electrons. The second kappa shape index (κ2) is 5.24. The first-order valence-electron chi connectivity index (χ1n) is 5.05. The van der Waals surface area contributed by atoms with E-state index in [1.165, 1.54) is 6.92 Å². The Morgan fingerprint density at radius 2 is 2.06 bits per heavy atom. The van der Waals surface area contributed by atoms with Gasteiger partial charge in [-0.15, -0.1) is 0 Å². The van der Waals surface area contributed by atoms with Crippen LogP contribution in [0.2, 0.25) is 0 Å². The molecule has 7 heteroatoms. The van der Waals surface area contributed by atoms with Gasteiger partial charge in [0.2, 0.25) is 0 Å². The number of alkyl halides is 3. The molecule has 1 rings (SSSR count). The number of phenols is 1. The molecular formula is C11H11F4NO2. The zero-order chi connectivity index (χ0) is 13.9. The van der Waals surface area contributed by atoms with Gasteiger partial charge in [-0.05, 0) is 19.1 Å². The van der Waals surface area contributed by atoms with Crippen LogP contribution in [0.4, 0.5) is 17.6 Å². The van der Waals surface area contributed by atoms with Gasteiger partial charge in [0.1, 0.15) is 11.6 Å². The zero-order valence-electron chi connectivity index (χ0n) is 9.38. The van der Waals surface area contributed by atoms with E-state index in [0.717, 1.165) is 12.1 Å². The van der Waals surface area contributed by atoms with Crippen LogP contribution in [0.15, 0.2) is 18.2 Å². The summed E-state index contributed by atoms with van der Waals surface area (Å²) >= 11 is 0. The topological polar surface area (TPSA) is 49.3 Å². The Balaban J connectivity index is 2.71. The van der Waals surface area contributed by atoms with E-state index in [1.807, 2.05) is 0 Å². The Morgan fingerprint density at radius 3 is 2.56 bits per heavy atom. The summed E-state index contributed by atoms with van der Waals surface area (Å²) < 4.78 is 48.8. The van der Waals surface area contributed by atoms with Crippen molar-refractivity contribution in [3.63, 3.8) is 0 Å². The molecule has 0 aliphatic rings. The summed E-state index contributed by atoms with van der Waals surface area (Å²) in [5, 5.41) is 11.4. The minimum Gasteiger partial charge on any atom is -0.507 e. The molecule has 0 heterocycles. The smallest absolute Gasteiger partial charge is 0.391 e. The van der Waals surface area contributed by atoms with Crippen LogP contribution in [0, 0.1) is 5.82 Å². The maximum atomic E-state index is 12.7. The fourth-order valence-corrected chi connectivity index (χ4v) is 1.40. The van der Waals surface area contributed by atoms with Gasteiger partial charge in [-0.25, -0.2) is 4.39 Å². The van der Waals surface area contributed by atoms with Gasteiger partial charge in [-0.2, -0.15) is 13.2 Å². The van der Waals surface area contributed by atoms with E-state index in [1.54, 1.807) is 0 Å². The molecule has 0 aliphatic heterocycles. The van der Waals surface area contributed by atoms with Gasteiger partial charge < -0.3 is 10.4 Å². The van der Waals surface area contributed by atoms with E-state index in [9.17, 15) is 27.5 Å². The summed E-state index contributed by atoms with van der Waals surface area (Å²) in [4.78, 5) is 11.5. The van der Waals surface area contributed by atoms with E-state index in [4.69, 9.17) is 0 Å². The van der Waals surface area contributed by atoms with Crippen LogP contribution >= 0.6 is 0 Å². The molecule has 1 unspecified atom stereocenters. The SMILES string of the molecule is CC(CC(F)(F)F)NC(=O)c1ccc(F)cc1O. The van der Waals surface area contributed by atoms with Gasteiger partial charge in [0.25, 0.3) is 5.91 Å². The molecule has 100 valence electrons. The molecule has 0 saturated carbocycles. The summed E-state index contributed by atoms with van der Waals surface area (Å²) in [7, 11) is 0. The largest absolute Gasteiger partial charge is 0.507 e. The Morgan fingerprint density at radius 1 is 1.44 bits per heavy atom. The molecular weight excluding hydrogens is 254 g/mol. The van der Waals surface area contributed by atoms with Gasteiger partial charge in [-0.1, -0.05) is 0 Å². The van der Waals surface area contributed by atoms with Crippen LogP contribution in [0.25, 0.3) is 0 Å².